The van der Waals surface area contributed by atoms with Crippen molar-refractivity contribution in [1.82, 2.24) is 4.98 Å². The van der Waals surface area contributed by atoms with E-state index < -0.39 is 0 Å². The van der Waals surface area contributed by atoms with Crippen molar-refractivity contribution in [2.75, 3.05) is 11.4 Å². The van der Waals surface area contributed by atoms with Gasteiger partial charge < -0.3 is 4.90 Å². The highest BCUT2D eigenvalue weighted by molar-refractivity contribution is 8.00. The first-order valence-corrected chi connectivity index (χ1v) is 7.65. The van der Waals surface area contributed by atoms with Crippen LogP contribution in [0.5, 0.6) is 0 Å². The predicted molar refractivity (Wildman–Crippen MR) is 82.3 cm³/mol. The summed E-state index contributed by atoms with van der Waals surface area (Å²) >= 11 is 7.68. The second-order valence-electron chi connectivity index (χ2n) is 4.50. The lowest BCUT2D eigenvalue weighted by atomic mass is 10.3. The maximum absolute atomic E-state index is 12.5. The molecule has 0 aliphatic carbocycles. The van der Waals surface area contributed by atoms with Gasteiger partial charge in [-0.25, -0.2) is 4.98 Å². The van der Waals surface area contributed by atoms with Gasteiger partial charge in [0, 0.05) is 12.7 Å². The third-order valence-corrected chi connectivity index (χ3v) is 4.72. The largest absolute Gasteiger partial charge is 0.310 e. The molecule has 20 heavy (non-hydrogen) atoms. The van der Waals surface area contributed by atoms with Crippen LogP contribution in [-0.2, 0) is 4.79 Å². The molecule has 0 spiro atoms. The van der Waals surface area contributed by atoms with E-state index in [0.29, 0.717) is 11.6 Å². The molecule has 1 aliphatic heterocycles. The van der Waals surface area contributed by atoms with Gasteiger partial charge in [-0.3, -0.25) is 4.79 Å². The Morgan fingerprint density at radius 1 is 1.20 bits per heavy atom. The molecule has 3 rings (SSSR count). The van der Waals surface area contributed by atoms with Gasteiger partial charge in [0.1, 0.15) is 0 Å². The lowest BCUT2D eigenvalue weighted by Crippen LogP contribution is -2.28. The number of pyridine rings is 1. The van der Waals surface area contributed by atoms with Crippen molar-refractivity contribution < 1.29 is 4.79 Å². The lowest BCUT2D eigenvalue weighted by molar-refractivity contribution is -0.116. The molecule has 1 unspecified atom stereocenters. The van der Waals surface area contributed by atoms with Crippen LogP contribution in [0.25, 0.3) is 0 Å². The summed E-state index contributed by atoms with van der Waals surface area (Å²) in [4.78, 5) is 18.5. The van der Waals surface area contributed by atoms with Gasteiger partial charge in [-0.15, -0.1) is 0 Å². The Morgan fingerprint density at radius 3 is 2.75 bits per heavy atom. The summed E-state index contributed by atoms with van der Waals surface area (Å²) in [7, 11) is 0. The third kappa shape index (κ3) is 2.67. The summed E-state index contributed by atoms with van der Waals surface area (Å²) in [6, 6.07) is 13.2. The predicted octanol–water partition coefficient (Wildman–Crippen LogP) is 3.63. The first-order valence-electron chi connectivity index (χ1n) is 6.39. The Kier molecular flexibility index (Phi) is 3.94. The second-order valence-corrected chi connectivity index (χ2v) is 6.13. The quantitative estimate of drug-likeness (QED) is 0.868. The molecular weight excluding hydrogens is 292 g/mol. The lowest BCUT2D eigenvalue weighted by Gasteiger charge is -2.17. The normalized spacial score (nSPS) is 18.6. The van der Waals surface area contributed by atoms with Gasteiger partial charge in [0.05, 0.1) is 21.0 Å². The number of carbonyl (C=O) groups is 1. The zero-order chi connectivity index (χ0) is 13.9. The van der Waals surface area contributed by atoms with E-state index in [4.69, 9.17) is 11.6 Å². The number of carbonyl (C=O) groups excluding carboxylic acids is 1. The van der Waals surface area contributed by atoms with Crippen LogP contribution in [0.4, 0.5) is 5.69 Å². The SMILES string of the molecule is O=C1C(Sc2ccccn2)CCN1c1ccccc1Cl. The van der Waals surface area contributed by atoms with Crippen LogP contribution in [-0.4, -0.2) is 22.7 Å². The number of rotatable bonds is 3. The van der Waals surface area contributed by atoms with Crippen molar-refractivity contribution in [3.63, 3.8) is 0 Å². The molecule has 102 valence electrons. The Morgan fingerprint density at radius 2 is 2.00 bits per heavy atom. The molecular formula is C15H13ClN2OS. The molecule has 0 N–H and O–H groups in total. The van der Waals surface area contributed by atoms with Crippen LogP contribution in [0.1, 0.15) is 6.42 Å². The summed E-state index contributed by atoms with van der Waals surface area (Å²) < 4.78 is 0. The number of thioether (sulfide) groups is 1. The van der Waals surface area contributed by atoms with E-state index in [-0.39, 0.29) is 11.2 Å². The number of hydrogen-bond acceptors (Lipinski definition) is 3. The number of hydrogen-bond donors (Lipinski definition) is 0. The molecule has 0 saturated carbocycles. The molecule has 0 radical (unpaired) electrons. The van der Waals surface area contributed by atoms with Gasteiger partial charge in [0.15, 0.2) is 0 Å². The Balaban J connectivity index is 1.76. The fraction of sp³-hybridized carbons (Fsp3) is 0.200. The smallest absolute Gasteiger partial charge is 0.240 e. The second kappa shape index (κ2) is 5.85. The molecule has 5 heteroatoms. The van der Waals surface area contributed by atoms with Gasteiger partial charge in [-0.05, 0) is 30.7 Å². The van der Waals surface area contributed by atoms with Crippen LogP contribution >= 0.6 is 23.4 Å². The van der Waals surface area contributed by atoms with Crippen LogP contribution in [0.3, 0.4) is 0 Å². The van der Waals surface area contributed by atoms with E-state index >= 15 is 0 Å². The highest BCUT2D eigenvalue weighted by atomic mass is 35.5. The van der Waals surface area contributed by atoms with Crippen LogP contribution < -0.4 is 4.90 Å². The molecule has 1 aromatic heterocycles. The molecule has 0 bridgehead atoms. The van der Waals surface area contributed by atoms with Gasteiger partial charge in [0.2, 0.25) is 5.91 Å². The maximum atomic E-state index is 12.5. The minimum Gasteiger partial charge on any atom is -0.310 e. The summed E-state index contributed by atoms with van der Waals surface area (Å²) in [5, 5.41) is 1.41. The fourth-order valence-corrected chi connectivity index (χ4v) is 3.49. The van der Waals surface area contributed by atoms with E-state index in [0.717, 1.165) is 17.1 Å². The van der Waals surface area contributed by atoms with E-state index in [2.05, 4.69) is 4.98 Å². The number of halogens is 1. The van der Waals surface area contributed by atoms with E-state index in [9.17, 15) is 4.79 Å². The Bertz CT molecular complexity index is 620. The Hall–Kier alpha value is -1.52. The number of benzene rings is 1. The van der Waals surface area contributed by atoms with Gasteiger partial charge in [-0.2, -0.15) is 0 Å². The van der Waals surface area contributed by atoms with E-state index in [1.54, 1.807) is 11.1 Å². The summed E-state index contributed by atoms with van der Waals surface area (Å²) in [6.07, 6.45) is 2.55. The topological polar surface area (TPSA) is 33.2 Å². The molecule has 1 aliphatic rings. The zero-order valence-electron chi connectivity index (χ0n) is 10.7. The van der Waals surface area contributed by atoms with Crippen molar-refractivity contribution in [3.8, 4) is 0 Å². The average Bonchev–Trinajstić information content (AvgIpc) is 2.82. The fourth-order valence-electron chi connectivity index (χ4n) is 2.24. The third-order valence-electron chi connectivity index (χ3n) is 3.20. The van der Waals surface area contributed by atoms with Crippen LogP contribution in [0.2, 0.25) is 5.02 Å². The van der Waals surface area contributed by atoms with Gasteiger partial charge >= 0.3 is 0 Å². The summed E-state index contributed by atoms with van der Waals surface area (Å²) in [5.74, 6) is 0.105. The van der Waals surface area contributed by atoms with Crippen molar-refractivity contribution in [2.45, 2.75) is 16.7 Å². The Labute approximate surface area is 127 Å². The minimum absolute atomic E-state index is 0.0822. The van der Waals surface area contributed by atoms with E-state index in [1.165, 1.54) is 11.8 Å². The van der Waals surface area contributed by atoms with Crippen LogP contribution in [0.15, 0.2) is 53.7 Å². The molecule has 1 fully saturated rings. The molecule has 1 saturated heterocycles. The number of amides is 1. The highest BCUT2D eigenvalue weighted by Crippen LogP contribution is 2.34. The van der Waals surface area contributed by atoms with Crippen molar-refractivity contribution >= 4 is 35.0 Å². The molecule has 3 nitrogen and oxygen atoms in total. The maximum Gasteiger partial charge on any atom is 0.240 e. The number of aromatic nitrogens is 1. The minimum atomic E-state index is -0.0822. The van der Waals surface area contributed by atoms with Crippen molar-refractivity contribution in [3.05, 3.63) is 53.7 Å². The first-order chi connectivity index (χ1) is 9.75. The molecule has 2 aromatic rings. The molecule has 1 aromatic carbocycles. The first kappa shape index (κ1) is 13.5. The van der Waals surface area contributed by atoms with Gasteiger partial charge in [-0.1, -0.05) is 41.6 Å². The standard InChI is InChI=1S/C15H13ClN2OS/c16-11-5-1-2-6-12(11)18-10-8-13(15(18)19)20-14-7-3-4-9-17-14/h1-7,9,13H,8,10H2. The van der Waals surface area contributed by atoms with Crippen molar-refractivity contribution in [2.24, 2.45) is 0 Å². The molecule has 1 amide bonds. The van der Waals surface area contributed by atoms with E-state index in [1.807, 2.05) is 42.5 Å². The van der Waals surface area contributed by atoms with Crippen LogP contribution in [0, 0.1) is 0 Å². The molecule has 2 heterocycles. The number of para-hydroxylation sites is 1. The summed E-state index contributed by atoms with van der Waals surface area (Å²) in [6.45, 7) is 0.701. The molecule has 1 atom stereocenters. The zero-order valence-corrected chi connectivity index (χ0v) is 12.3. The summed E-state index contributed by atoms with van der Waals surface area (Å²) in [5.41, 5.74) is 0.795. The highest BCUT2D eigenvalue weighted by Gasteiger charge is 2.34. The average molecular weight is 305 g/mol. The van der Waals surface area contributed by atoms with Crippen molar-refractivity contribution in [1.29, 1.82) is 0 Å². The number of nitrogens with zero attached hydrogens (tertiary/aromatic N) is 2. The van der Waals surface area contributed by atoms with Gasteiger partial charge in [0.25, 0.3) is 0 Å². The monoisotopic (exact) mass is 304 g/mol. The number of anilines is 1.